The second-order valence-corrected chi connectivity index (χ2v) is 6.40. The smallest absolute Gasteiger partial charge is 0.226 e. The SMILES string of the molecule is Cc1ccc(CNc2ccc(CC(=O)N(C)C)cc2)s1. The molecule has 0 aliphatic carbocycles. The van der Waals surface area contributed by atoms with Crippen LogP contribution in [0.4, 0.5) is 5.69 Å². The van der Waals surface area contributed by atoms with Crippen molar-refractivity contribution in [3.8, 4) is 0 Å². The van der Waals surface area contributed by atoms with E-state index in [0.717, 1.165) is 17.8 Å². The van der Waals surface area contributed by atoms with Gasteiger partial charge in [-0.05, 0) is 36.8 Å². The average molecular weight is 288 g/mol. The number of nitrogens with one attached hydrogen (secondary N) is 1. The molecular formula is C16H20N2OS. The monoisotopic (exact) mass is 288 g/mol. The molecule has 1 aromatic carbocycles. The molecule has 0 saturated carbocycles. The molecule has 0 atom stereocenters. The van der Waals surface area contributed by atoms with E-state index >= 15 is 0 Å². The number of carbonyl (C=O) groups is 1. The van der Waals surface area contributed by atoms with Crippen LogP contribution in [0.1, 0.15) is 15.3 Å². The van der Waals surface area contributed by atoms with Crippen molar-refractivity contribution in [2.75, 3.05) is 19.4 Å². The third-order valence-electron chi connectivity index (χ3n) is 3.07. The first-order valence-electron chi connectivity index (χ1n) is 6.63. The molecule has 2 rings (SSSR count). The third-order valence-corrected chi connectivity index (χ3v) is 4.07. The lowest BCUT2D eigenvalue weighted by molar-refractivity contribution is -0.127. The van der Waals surface area contributed by atoms with Gasteiger partial charge in [-0.15, -0.1) is 11.3 Å². The van der Waals surface area contributed by atoms with Crippen molar-refractivity contribution in [2.24, 2.45) is 0 Å². The highest BCUT2D eigenvalue weighted by Gasteiger charge is 2.05. The Hall–Kier alpha value is -1.81. The molecular weight excluding hydrogens is 268 g/mol. The van der Waals surface area contributed by atoms with Crippen molar-refractivity contribution in [1.29, 1.82) is 0 Å². The number of aryl methyl sites for hydroxylation is 1. The molecule has 1 N–H and O–H groups in total. The van der Waals surface area contributed by atoms with Crippen LogP contribution in [0.15, 0.2) is 36.4 Å². The predicted octanol–water partition coefficient (Wildman–Crippen LogP) is 3.30. The van der Waals surface area contributed by atoms with E-state index in [0.29, 0.717) is 6.42 Å². The summed E-state index contributed by atoms with van der Waals surface area (Å²) in [6, 6.07) is 12.3. The Morgan fingerprint density at radius 1 is 1.15 bits per heavy atom. The molecule has 106 valence electrons. The molecule has 4 heteroatoms. The fourth-order valence-corrected chi connectivity index (χ4v) is 2.67. The molecule has 0 radical (unpaired) electrons. The van der Waals surface area contributed by atoms with Crippen molar-refractivity contribution in [2.45, 2.75) is 19.9 Å². The Bertz CT molecular complexity index is 572. The van der Waals surface area contributed by atoms with E-state index in [2.05, 4.69) is 24.4 Å². The fraction of sp³-hybridized carbons (Fsp3) is 0.312. The number of carbonyl (C=O) groups excluding carboxylic acids is 1. The molecule has 0 saturated heterocycles. The number of anilines is 1. The maximum Gasteiger partial charge on any atom is 0.226 e. The lowest BCUT2D eigenvalue weighted by atomic mass is 10.1. The summed E-state index contributed by atoms with van der Waals surface area (Å²) in [5.74, 6) is 0.125. The quantitative estimate of drug-likeness (QED) is 0.915. The van der Waals surface area contributed by atoms with Gasteiger partial charge in [-0.3, -0.25) is 4.79 Å². The Balaban J connectivity index is 1.89. The van der Waals surface area contributed by atoms with E-state index in [1.165, 1.54) is 9.75 Å². The van der Waals surface area contributed by atoms with Gasteiger partial charge in [0.2, 0.25) is 5.91 Å². The van der Waals surface area contributed by atoms with Gasteiger partial charge < -0.3 is 10.2 Å². The molecule has 0 bridgehead atoms. The van der Waals surface area contributed by atoms with Gasteiger partial charge in [-0.2, -0.15) is 0 Å². The van der Waals surface area contributed by atoms with E-state index in [4.69, 9.17) is 0 Å². The molecule has 3 nitrogen and oxygen atoms in total. The molecule has 1 aromatic heterocycles. The number of likely N-dealkylation sites (N-methyl/N-ethyl adjacent to an activating group) is 1. The first-order valence-corrected chi connectivity index (χ1v) is 7.44. The zero-order chi connectivity index (χ0) is 14.5. The highest BCUT2D eigenvalue weighted by molar-refractivity contribution is 7.11. The number of amides is 1. The van der Waals surface area contributed by atoms with Crippen LogP contribution >= 0.6 is 11.3 Å². The third kappa shape index (κ3) is 4.10. The summed E-state index contributed by atoms with van der Waals surface area (Å²) in [7, 11) is 3.56. The Morgan fingerprint density at radius 3 is 2.40 bits per heavy atom. The Kier molecular flexibility index (Phi) is 4.79. The maximum absolute atomic E-state index is 11.6. The summed E-state index contributed by atoms with van der Waals surface area (Å²) in [4.78, 5) is 15.9. The van der Waals surface area contributed by atoms with Crippen molar-refractivity contribution in [1.82, 2.24) is 4.90 Å². The van der Waals surface area contributed by atoms with Crippen molar-refractivity contribution < 1.29 is 4.79 Å². The molecule has 0 unspecified atom stereocenters. The number of hydrogen-bond acceptors (Lipinski definition) is 3. The highest BCUT2D eigenvalue weighted by Crippen LogP contribution is 2.17. The minimum absolute atomic E-state index is 0.125. The van der Waals surface area contributed by atoms with E-state index in [9.17, 15) is 4.79 Å². The van der Waals surface area contributed by atoms with E-state index in [-0.39, 0.29) is 5.91 Å². The van der Waals surface area contributed by atoms with Crippen LogP contribution < -0.4 is 5.32 Å². The Labute approximate surface area is 124 Å². The number of nitrogens with zero attached hydrogens (tertiary/aromatic N) is 1. The summed E-state index contributed by atoms with van der Waals surface area (Å²) in [6.45, 7) is 2.96. The van der Waals surface area contributed by atoms with Crippen LogP contribution in [0.25, 0.3) is 0 Å². The Morgan fingerprint density at radius 2 is 1.85 bits per heavy atom. The summed E-state index contributed by atoms with van der Waals surface area (Å²) in [6.07, 6.45) is 0.456. The lowest BCUT2D eigenvalue weighted by Gasteiger charge is -2.10. The van der Waals surface area contributed by atoms with Crippen LogP contribution in [-0.2, 0) is 17.8 Å². The van der Waals surface area contributed by atoms with Gasteiger partial charge in [0, 0.05) is 36.1 Å². The van der Waals surface area contributed by atoms with Crippen molar-refractivity contribution in [3.05, 3.63) is 51.7 Å². The molecule has 0 aliphatic rings. The summed E-state index contributed by atoms with van der Waals surface area (Å²) < 4.78 is 0. The van der Waals surface area contributed by atoms with Crippen molar-refractivity contribution >= 4 is 22.9 Å². The minimum atomic E-state index is 0.125. The van der Waals surface area contributed by atoms with Gasteiger partial charge >= 0.3 is 0 Å². The highest BCUT2D eigenvalue weighted by atomic mass is 32.1. The van der Waals surface area contributed by atoms with Crippen molar-refractivity contribution in [3.63, 3.8) is 0 Å². The largest absolute Gasteiger partial charge is 0.380 e. The zero-order valence-electron chi connectivity index (χ0n) is 12.1. The van der Waals surface area contributed by atoms with Crippen LogP contribution in [0.5, 0.6) is 0 Å². The molecule has 2 aromatic rings. The van der Waals surface area contributed by atoms with E-state index < -0.39 is 0 Å². The molecule has 0 fully saturated rings. The summed E-state index contributed by atoms with van der Waals surface area (Å²) >= 11 is 1.81. The summed E-state index contributed by atoms with van der Waals surface area (Å²) in [5, 5.41) is 3.39. The zero-order valence-corrected chi connectivity index (χ0v) is 13.0. The van der Waals surface area contributed by atoms with Crippen LogP contribution in [-0.4, -0.2) is 24.9 Å². The van der Waals surface area contributed by atoms with Crippen LogP contribution in [0, 0.1) is 6.92 Å². The molecule has 20 heavy (non-hydrogen) atoms. The number of rotatable bonds is 5. The van der Waals surface area contributed by atoms with E-state index in [1.54, 1.807) is 19.0 Å². The maximum atomic E-state index is 11.6. The van der Waals surface area contributed by atoms with Crippen LogP contribution in [0.2, 0.25) is 0 Å². The van der Waals surface area contributed by atoms with Gasteiger partial charge in [-0.25, -0.2) is 0 Å². The molecule has 1 heterocycles. The topological polar surface area (TPSA) is 32.3 Å². The standard InChI is InChI=1S/C16H20N2OS/c1-12-4-9-15(20-12)11-17-14-7-5-13(6-8-14)10-16(19)18(2)3/h4-9,17H,10-11H2,1-3H3. The second kappa shape index (κ2) is 6.57. The second-order valence-electron chi connectivity index (χ2n) is 5.03. The van der Waals surface area contributed by atoms with E-state index in [1.807, 2.05) is 35.6 Å². The van der Waals surface area contributed by atoms with Crippen LogP contribution in [0.3, 0.4) is 0 Å². The first kappa shape index (κ1) is 14.6. The average Bonchev–Trinajstić information content (AvgIpc) is 2.83. The summed E-state index contributed by atoms with van der Waals surface area (Å²) in [5.41, 5.74) is 2.12. The minimum Gasteiger partial charge on any atom is -0.380 e. The van der Waals surface area contributed by atoms with Gasteiger partial charge in [0.25, 0.3) is 0 Å². The fourth-order valence-electron chi connectivity index (χ4n) is 1.84. The molecule has 0 spiro atoms. The predicted molar refractivity (Wildman–Crippen MR) is 85.2 cm³/mol. The lowest BCUT2D eigenvalue weighted by Crippen LogP contribution is -2.23. The number of benzene rings is 1. The van der Waals surface area contributed by atoms with Gasteiger partial charge in [-0.1, -0.05) is 12.1 Å². The molecule has 0 aliphatic heterocycles. The number of thiophene rings is 1. The van der Waals surface area contributed by atoms with Gasteiger partial charge in [0.05, 0.1) is 6.42 Å². The normalized spacial score (nSPS) is 10.3. The number of hydrogen-bond donors (Lipinski definition) is 1. The molecule has 1 amide bonds. The van der Waals surface area contributed by atoms with Gasteiger partial charge in [0.1, 0.15) is 0 Å². The first-order chi connectivity index (χ1) is 9.54. The van der Waals surface area contributed by atoms with Gasteiger partial charge in [0.15, 0.2) is 0 Å².